The Labute approximate surface area is 194 Å². The summed E-state index contributed by atoms with van der Waals surface area (Å²) < 4.78 is 23.5. The molecule has 10 heteroatoms. The molecule has 5 nitrogen and oxygen atoms in total. The Kier molecular flexibility index (Phi) is 18.5. The van der Waals surface area contributed by atoms with Crippen LogP contribution in [0.4, 0.5) is 0 Å². The molecule has 0 aromatic carbocycles. The van der Waals surface area contributed by atoms with Gasteiger partial charge in [0, 0.05) is 28.9 Å². The van der Waals surface area contributed by atoms with Crippen LogP contribution >= 0.6 is 0 Å². The zero-order valence-corrected chi connectivity index (χ0v) is 28.1. The van der Waals surface area contributed by atoms with Crippen LogP contribution < -0.4 is 0 Å². The van der Waals surface area contributed by atoms with E-state index in [4.69, 9.17) is 22.5 Å². The maximum Gasteiger partial charge on any atom is 0.324 e. The lowest BCUT2D eigenvalue weighted by atomic mass is 10.5. The van der Waals surface area contributed by atoms with Gasteiger partial charge in [0.2, 0.25) is 8.32 Å². The molecule has 2 unspecified atom stereocenters. The topological polar surface area (TPSA) is 57.2 Å². The van der Waals surface area contributed by atoms with Gasteiger partial charge >= 0.3 is 8.56 Å². The minimum atomic E-state index is -2.05. The van der Waals surface area contributed by atoms with E-state index in [2.05, 4.69) is 65.8 Å². The van der Waals surface area contributed by atoms with Gasteiger partial charge in [0.1, 0.15) is 0 Å². The Morgan fingerprint density at radius 1 is 0.767 bits per heavy atom. The SMILES string of the molecule is CC[Si](C)(OC[Si](C)(CCCOC)OC)O[Si](C)(C)C.C[Si](C)(C)C.C[Si](C)(C)O. The lowest BCUT2D eigenvalue weighted by Crippen LogP contribution is -2.51. The summed E-state index contributed by atoms with van der Waals surface area (Å²) in [5.74, 6) is 0. The van der Waals surface area contributed by atoms with E-state index >= 15 is 0 Å². The summed E-state index contributed by atoms with van der Waals surface area (Å²) in [5.41, 5.74) is 0. The third-order valence-electron chi connectivity index (χ3n) is 3.39. The van der Waals surface area contributed by atoms with Crippen LogP contribution in [0.1, 0.15) is 13.3 Å². The second kappa shape index (κ2) is 15.7. The molecule has 2 atom stereocenters. The molecule has 0 rings (SSSR count). The summed E-state index contributed by atoms with van der Waals surface area (Å²) in [7, 11) is -4.07. The fourth-order valence-corrected chi connectivity index (χ4v) is 12.0. The largest absolute Gasteiger partial charge is 0.436 e. The second-order valence-electron chi connectivity index (χ2n) is 11.9. The molecule has 0 saturated heterocycles. The molecule has 186 valence electrons. The van der Waals surface area contributed by atoms with Gasteiger partial charge < -0.3 is 22.5 Å². The molecule has 0 bridgehead atoms. The summed E-state index contributed by atoms with van der Waals surface area (Å²) in [4.78, 5) is 8.66. The van der Waals surface area contributed by atoms with Crippen molar-refractivity contribution in [3.8, 4) is 0 Å². The van der Waals surface area contributed by atoms with E-state index < -0.39 is 41.6 Å². The van der Waals surface area contributed by atoms with E-state index in [0.29, 0.717) is 0 Å². The molecule has 0 saturated carbocycles. The van der Waals surface area contributed by atoms with E-state index in [1.807, 2.05) is 26.8 Å². The van der Waals surface area contributed by atoms with Crippen LogP contribution in [-0.2, 0) is 17.7 Å². The van der Waals surface area contributed by atoms with Gasteiger partial charge in [-0.15, -0.1) is 0 Å². The van der Waals surface area contributed by atoms with Crippen molar-refractivity contribution in [2.45, 2.75) is 104 Å². The maximum atomic E-state index is 8.66. The van der Waals surface area contributed by atoms with E-state index in [9.17, 15) is 0 Å². The van der Waals surface area contributed by atoms with Gasteiger partial charge in [0.25, 0.3) is 0 Å². The minimum Gasteiger partial charge on any atom is -0.436 e. The van der Waals surface area contributed by atoms with Crippen molar-refractivity contribution in [2.24, 2.45) is 0 Å². The molecule has 0 heterocycles. The first-order valence-electron chi connectivity index (χ1n) is 11.2. The number of methoxy groups -OCH3 is 1. The molecule has 0 radical (unpaired) electrons. The van der Waals surface area contributed by atoms with Crippen molar-refractivity contribution >= 4 is 41.6 Å². The van der Waals surface area contributed by atoms with Gasteiger partial charge in [-0.1, -0.05) is 33.1 Å². The molecular formula is C20H56O5Si5. The molecule has 0 aliphatic heterocycles. The van der Waals surface area contributed by atoms with Crippen LogP contribution in [0.15, 0.2) is 0 Å². The van der Waals surface area contributed by atoms with Crippen molar-refractivity contribution in [3.05, 3.63) is 0 Å². The molecule has 0 aromatic rings. The average Bonchev–Trinajstić information content (AvgIpc) is 2.48. The zero-order chi connectivity index (χ0) is 24.9. The quantitative estimate of drug-likeness (QED) is 0.250. The Hall–Kier alpha value is 0.884. The lowest BCUT2D eigenvalue weighted by molar-refractivity contribution is 0.195. The van der Waals surface area contributed by atoms with Gasteiger partial charge in [-0.3, -0.25) is 0 Å². The molecule has 0 aliphatic carbocycles. The normalized spacial score (nSPS) is 16.4. The summed E-state index contributed by atoms with van der Waals surface area (Å²) >= 11 is 0. The van der Waals surface area contributed by atoms with E-state index in [0.717, 1.165) is 31.3 Å². The second-order valence-corrected chi connectivity index (χ2v) is 34.7. The van der Waals surface area contributed by atoms with E-state index in [1.165, 1.54) is 0 Å². The van der Waals surface area contributed by atoms with Crippen LogP contribution in [0.25, 0.3) is 0 Å². The summed E-state index contributed by atoms with van der Waals surface area (Å²) in [5, 5.41) is 0. The average molecular weight is 517 g/mol. The highest BCUT2D eigenvalue weighted by atomic mass is 28.4. The van der Waals surface area contributed by atoms with Crippen LogP contribution in [-0.4, -0.2) is 73.4 Å². The highest BCUT2D eigenvalue weighted by molar-refractivity contribution is 6.82. The molecule has 30 heavy (non-hydrogen) atoms. The molecule has 1 N–H and O–H groups in total. The predicted molar refractivity (Wildman–Crippen MR) is 147 cm³/mol. The predicted octanol–water partition coefficient (Wildman–Crippen LogP) is 6.51. The number of rotatable bonds is 11. The fourth-order valence-electron chi connectivity index (χ4n) is 1.98. The van der Waals surface area contributed by atoms with Gasteiger partial charge in [0.15, 0.2) is 16.6 Å². The van der Waals surface area contributed by atoms with Gasteiger partial charge in [-0.25, -0.2) is 0 Å². The standard InChI is InChI=1S/C13H34O4Si3.C4H12Si.C3H10OSi/c1-9-20(8,17-18(4,5)6)16-13-19(7,15-3)12-10-11-14-2;2*1-5(2,3)4/h9-13H2,1-8H3;1-4H3;4H,1-3H3. The first-order valence-corrected chi connectivity index (χ1v) is 27.4. The molecule has 0 spiro atoms. The highest BCUT2D eigenvalue weighted by Gasteiger charge is 2.38. The van der Waals surface area contributed by atoms with Crippen LogP contribution in [0.3, 0.4) is 0 Å². The third kappa shape index (κ3) is 33.5. The lowest BCUT2D eigenvalue weighted by Gasteiger charge is -2.36. The molecule has 0 aliphatic rings. The molecule has 0 amide bonds. The Morgan fingerprint density at radius 2 is 1.17 bits per heavy atom. The van der Waals surface area contributed by atoms with E-state index in [-0.39, 0.29) is 0 Å². The molecular weight excluding hydrogens is 461 g/mol. The Balaban J connectivity index is -0.000000599. The summed E-state index contributed by atoms with van der Waals surface area (Å²) in [6.07, 6.45) is 1.77. The van der Waals surface area contributed by atoms with Crippen molar-refractivity contribution in [2.75, 3.05) is 27.1 Å². The monoisotopic (exact) mass is 516 g/mol. The van der Waals surface area contributed by atoms with Crippen molar-refractivity contribution in [1.82, 2.24) is 0 Å². The minimum absolute atomic E-state index is 0.611. The smallest absolute Gasteiger partial charge is 0.324 e. The van der Waals surface area contributed by atoms with Crippen molar-refractivity contribution in [1.29, 1.82) is 0 Å². The first-order chi connectivity index (χ1) is 13.1. The number of hydrogen-bond donors (Lipinski definition) is 1. The Morgan fingerprint density at radius 3 is 1.43 bits per heavy atom. The maximum absolute atomic E-state index is 8.66. The number of hydrogen-bond acceptors (Lipinski definition) is 5. The third-order valence-corrected chi connectivity index (χ3v) is 13.1. The van der Waals surface area contributed by atoms with Crippen molar-refractivity contribution < 1.29 is 22.5 Å². The summed E-state index contributed by atoms with van der Waals surface area (Å²) in [6, 6.07) is 2.06. The van der Waals surface area contributed by atoms with Crippen LogP contribution in [0, 0.1) is 0 Å². The summed E-state index contributed by atoms with van der Waals surface area (Å²) in [6.45, 7) is 29.0. The molecule has 0 aromatic heterocycles. The van der Waals surface area contributed by atoms with E-state index in [1.54, 1.807) is 7.11 Å². The molecule has 0 fully saturated rings. The number of ether oxygens (including phenoxy) is 1. The fraction of sp³-hybridized carbons (Fsp3) is 1.00. The first kappa shape index (κ1) is 35.5. The van der Waals surface area contributed by atoms with Crippen LogP contribution in [0.2, 0.25) is 90.7 Å². The van der Waals surface area contributed by atoms with Crippen molar-refractivity contribution in [3.63, 3.8) is 0 Å². The zero-order valence-electron chi connectivity index (χ0n) is 23.1. The Bertz CT molecular complexity index is 397. The van der Waals surface area contributed by atoms with Crippen LogP contribution in [0.5, 0.6) is 0 Å². The van der Waals surface area contributed by atoms with Gasteiger partial charge in [-0.05, 0) is 70.9 Å². The highest BCUT2D eigenvalue weighted by Crippen LogP contribution is 2.22. The van der Waals surface area contributed by atoms with Gasteiger partial charge in [-0.2, -0.15) is 0 Å². The van der Waals surface area contributed by atoms with Gasteiger partial charge in [0.05, 0.1) is 6.23 Å².